The van der Waals surface area contributed by atoms with Crippen LogP contribution in [0.15, 0.2) is 30.3 Å². The van der Waals surface area contributed by atoms with E-state index in [9.17, 15) is 0 Å². The molecule has 0 aliphatic carbocycles. The second-order valence-electron chi connectivity index (χ2n) is 4.01. The zero-order chi connectivity index (χ0) is 12.3. The largest absolute Gasteiger partial charge is 0.310 e. The van der Waals surface area contributed by atoms with Crippen LogP contribution in [0.5, 0.6) is 0 Å². The summed E-state index contributed by atoms with van der Waals surface area (Å²) in [5.74, 6) is 0.314. The molecule has 1 aliphatic heterocycles. The lowest BCUT2D eigenvalue weighted by molar-refractivity contribution is 0.299. The van der Waals surface area contributed by atoms with E-state index in [-0.39, 0.29) is 0 Å². The third-order valence-electron chi connectivity index (χ3n) is 3.00. The molecule has 0 amide bonds. The summed E-state index contributed by atoms with van der Waals surface area (Å²) in [7, 11) is 0. The first-order valence-electron chi connectivity index (χ1n) is 6.83. The highest BCUT2D eigenvalue weighted by molar-refractivity contribution is 5.19. The van der Waals surface area contributed by atoms with Gasteiger partial charge in [0.15, 0.2) is 0 Å². The number of hydrogen-bond acceptors (Lipinski definition) is 1. The van der Waals surface area contributed by atoms with E-state index in [1.807, 2.05) is 18.2 Å². The maximum Gasteiger partial charge on any atom is 0.0322 e. The van der Waals surface area contributed by atoms with Gasteiger partial charge in [-0.05, 0) is 30.9 Å². The standard InChI is InChI=1S/C13H19N/c1-2-11-8-9-14-13(10-11)12-6-4-3-5-7-12/h3-7,11,13-14H,2,8-10H2,1H3/t11-,13+/m1/s1/i1D3. The molecule has 1 saturated heterocycles. The molecule has 1 fully saturated rings. The van der Waals surface area contributed by atoms with Gasteiger partial charge in [0.2, 0.25) is 0 Å². The first-order valence-corrected chi connectivity index (χ1v) is 5.33. The highest BCUT2D eigenvalue weighted by Gasteiger charge is 2.20. The summed E-state index contributed by atoms with van der Waals surface area (Å²) in [6.07, 6.45) is 2.25. The number of rotatable bonds is 2. The second-order valence-corrected chi connectivity index (χ2v) is 4.01. The summed E-state index contributed by atoms with van der Waals surface area (Å²) in [4.78, 5) is 0. The second kappa shape index (κ2) is 4.61. The normalized spacial score (nSPS) is 31.6. The smallest absolute Gasteiger partial charge is 0.0322 e. The van der Waals surface area contributed by atoms with Gasteiger partial charge in [-0.1, -0.05) is 43.6 Å². The Morgan fingerprint density at radius 2 is 2.29 bits per heavy atom. The van der Waals surface area contributed by atoms with Crippen LogP contribution >= 0.6 is 0 Å². The lowest BCUT2D eigenvalue weighted by atomic mass is 9.87. The van der Waals surface area contributed by atoms with Crippen molar-refractivity contribution < 1.29 is 4.11 Å². The van der Waals surface area contributed by atoms with Crippen molar-refractivity contribution >= 4 is 0 Å². The first-order chi connectivity index (χ1) is 8.04. The van der Waals surface area contributed by atoms with Crippen LogP contribution in [0.1, 0.15) is 41.8 Å². The molecule has 1 nitrogen and oxygen atoms in total. The van der Waals surface area contributed by atoms with Gasteiger partial charge >= 0.3 is 0 Å². The van der Waals surface area contributed by atoms with Gasteiger partial charge in [-0.15, -0.1) is 0 Å². The molecule has 1 aromatic carbocycles. The number of benzene rings is 1. The third kappa shape index (κ3) is 2.16. The number of nitrogens with one attached hydrogen (secondary N) is 1. The highest BCUT2D eigenvalue weighted by Crippen LogP contribution is 2.28. The van der Waals surface area contributed by atoms with Gasteiger partial charge in [-0.25, -0.2) is 0 Å². The van der Waals surface area contributed by atoms with Crippen molar-refractivity contribution in [1.29, 1.82) is 0 Å². The summed E-state index contributed by atoms with van der Waals surface area (Å²) in [6.45, 7) is -0.871. The summed E-state index contributed by atoms with van der Waals surface area (Å²) in [5, 5.41) is 3.47. The van der Waals surface area contributed by atoms with Crippen molar-refractivity contribution in [3.05, 3.63) is 35.9 Å². The lowest BCUT2D eigenvalue weighted by Gasteiger charge is -2.30. The fraction of sp³-hybridized carbons (Fsp3) is 0.538. The van der Waals surface area contributed by atoms with Gasteiger partial charge in [-0.2, -0.15) is 0 Å². The molecule has 1 heteroatoms. The maximum absolute atomic E-state index is 7.35. The molecule has 2 rings (SSSR count). The third-order valence-corrected chi connectivity index (χ3v) is 3.00. The summed E-state index contributed by atoms with van der Waals surface area (Å²) in [5.41, 5.74) is 1.27. The molecule has 0 bridgehead atoms. The van der Waals surface area contributed by atoms with Crippen LogP contribution in [0.2, 0.25) is 0 Å². The molecule has 2 atom stereocenters. The van der Waals surface area contributed by atoms with Crippen molar-refractivity contribution in [2.24, 2.45) is 5.92 Å². The quantitative estimate of drug-likeness (QED) is 0.759. The molecule has 0 unspecified atom stereocenters. The minimum absolute atomic E-state index is 0.314. The summed E-state index contributed by atoms with van der Waals surface area (Å²) in [6, 6.07) is 10.6. The topological polar surface area (TPSA) is 12.0 Å². The Bertz CT molecular complexity index is 347. The monoisotopic (exact) mass is 192 g/mol. The Balaban J connectivity index is 1.98. The van der Waals surface area contributed by atoms with E-state index in [4.69, 9.17) is 4.11 Å². The molecule has 1 aliphatic rings. The zero-order valence-corrected chi connectivity index (χ0v) is 8.37. The van der Waals surface area contributed by atoms with Gasteiger partial charge < -0.3 is 5.32 Å². The molecule has 1 N–H and O–H groups in total. The fourth-order valence-corrected chi connectivity index (χ4v) is 2.12. The molecule has 14 heavy (non-hydrogen) atoms. The van der Waals surface area contributed by atoms with Crippen LogP contribution in [0.25, 0.3) is 0 Å². The molecule has 76 valence electrons. The van der Waals surface area contributed by atoms with Crippen LogP contribution in [0.3, 0.4) is 0 Å². The Labute approximate surface area is 90.7 Å². The van der Waals surface area contributed by atoms with Gasteiger partial charge in [-0.3, -0.25) is 0 Å². The van der Waals surface area contributed by atoms with Crippen LogP contribution in [0.4, 0.5) is 0 Å². The predicted molar refractivity (Wildman–Crippen MR) is 60.2 cm³/mol. The Kier molecular flexibility index (Phi) is 2.18. The molecular formula is C13H19N. The Morgan fingerprint density at radius 1 is 1.43 bits per heavy atom. The van der Waals surface area contributed by atoms with Crippen LogP contribution < -0.4 is 5.32 Å². The minimum atomic E-state index is -1.79. The van der Waals surface area contributed by atoms with Gasteiger partial charge in [0.25, 0.3) is 0 Å². The SMILES string of the molecule is [2H]C([2H])([2H])C[C@@H]1CCN[C@H](c2ccccc2)C1. The van der Waals surface area contributed by atoms with E-state index in [2.05, 4.69) is 17.4 Å². The summed E-state index contributed by atoms with van der Waals surface area (Å²) < 4.78 is 22.1. The highest BCUT2D eigenvalue weighted by atomic mass is 14.9. The van der Waals surface area contributed by atoms with Gasteiger partial charge in [0.1, 0.15) is 0 Å². The molecule has 1 aromatic rings. The van der Waals surface area contributed by atoms with E-state index in [1.54, 1.807) is 0 Å². The Hall–Kier alpha value is -0.820. The maximum atomic E-state index is 7.35. The van der Waals surface area contributed by atoms with E-state index >= 15 is 0 Å². The van der Waals surface area contributed by atoms with Gasteiger partial charge in [0, 0.05) is 10.2 Å². The predicted octanol–water partition coefficient (Wildman–Crippen LogP) is 3.14. The Morgan fingerprint density at radius 3 is 3.07 bits per heavy atom. The number of piperidine rings is 1. The van der Waals surface area contributed by atoms with Crippen molar-refractivity contribution in [3.8, 4) is 0 Å². The number of hydrogen-bond donors (Lipinski definition) is 1. The molecule has 0 aromatic heterocycles. The molecule has 0 spiro atoms. The van der Waals surface area contributed by atoms with Crippen LogP contribution in [-0.2, 0) is 0 Å². The van der Waals surface area contributed by atoms with Crippen molar-refractivity contribution in [3.63, 3.8) is 0 Å². The fourth-order valence-electron chi connectivity index (χ4n) is 2.12. The van der Waals surface area contributed by atoms with Crippen molar-refractivity contribution in [1.82, 2.24) is 5.32 Å². The molecule has 0 saturated carbocycles. The molecule has 1 heterocycles. The van der Waals surface area contributed by atoms with Crippen LogP contribution in [-0.4, -0.2) is 6.54 Å². The van der Waals surface area contributed by atoms with E-state index in [0.717, 1.165) is 19.4 Å². The van der Waals surface area contributed by atoms with Crippen LogP contribution in [0, 0.1) is 5.92 Å². The molecule has 0 radical (unpaired) electrons. The van der Waals surface area contributed by atoms with Crippen molar-refractivity contribution in [2.75, 3.05) is 6.54 Å². The summed E-state index contributed by atoms with van der Waals surface area (Å²) >= 11 is 0. The van der Waals surface area contributed by atoms with Crippen molar-refractivity contribution in [2.45, 2.75) is 32.2 Å². The first kappa shape index (κ1) is 6.62. The average Bonchev–Trinajstić information content (AvgIpc) is 2.28. The van der Waals surface area contributed by atoms with E-state index in [0.29, 0.717) is 18.4 Å². The minimum Gasteiger partial charge on any atom is -0.310 e. The average molecular weight is 192 g/mol. The lowest BCUT2D eigenvalue weighted by Crippen LogP contribution is -2.31. The van der Waals surface area contributed by atoms with E-state index < -0.39 is 6.85 Å². The van der Waals surface area contributed by atoms with Gasteiger partial charge in [0.05, 0.1) is 0 Å². The van der Waals surface area contributed by atoms with E-state index in [1.165, 1.54) is 5.56 Å². The zero-order valence-electron chi connectivity index (χ0n) is 11.4. The molecular weight excluding hydrogens is 170 g/mol.